The predicted octanol–water partition coefficient (Wildman–Crippen LogP) is 2.87. The van der Waals surface area contributed by atoms with Crippen LogP contribution in [0.25, 0.3) is 0 Å². The van der Waals surface area contributed by atoms with Crippen molar-refractivity contribution in [1.82, 2.24) is 4.90 Å². The summed E-state index contributed by atoms with van der Waals surface area (Å²) in [5.41, 5.74) is 9.71. The van der Waals surface area contributed by atoms with E-state index in [9.17, 15) is 0 Å². The summed E-state index contributed by atoms with van der Waals surface area (Å²) in [6.45, 7) is 10.4. The molecular weight excluding hydrogens is 236 g/mol. The highest BCUT2D eigenvalue weighted by molar-refractivity contribution is 5.43. The van der Waals surface area contributed by atoms with Gasteiger partial charge < -0.3 is 10.5 Å². The maximum absolute atomic E-state index is 5.69. The quantitative estimate of drug-likeness (QED) is 0.858. The second-order valence-electron chi connectivity index (χ2n) is 5.88. The van der Waals surface area contributed by atoms with Crippen LogP contribution in [0.2, 0.25) is 0 Å². The molecule has 3 heteroatoms. The molecule has 0 aliphatic heterocycles. The van der Waals surface area contributed by atoms with E-state index in [1.54, 1.807) is 7.11 Å². The van der Waals surface area contributed by atoms with E-state index >= 15 is 0 Å². The second kappa shape index (κ2) is 6.40. The molecule has 2 N–H and O–H groups in total. The molecule has 0 heterocycles. The first-order valence-corrected chi connectivity index (χ1v) is 6.88. The van der Waals surface area contributed by atoms with Gasteiger partial charge in [0.1, 0.15) is 5.75 Å². The van der Waals surface area contributed by atoms with Gasteiger partial charge in [-0.2, -0.15) is 0 Å². The molecule has 0 radical (unpaired) electrons. The van der Waals surface area contributed by atoms with Crippen LogP contribution in [-0.4, -0.2) is 31.1 Å². The third-order valence-electron chi connectivity index (χ3n) is 4.27. The Labute approximate surface area is 117 Å². The van der Waals surface area contributed by atoms with Crippen LogP contribution in [0.5, 0.6) is 5.75 Å². The van der Waals surface area contributed by atoms with E-state index in [-0.39, 0.29) is 5.54 Å². The highest BCUT2D eigenvalue weighted by Crippen LogP contribution is 2.26. The van der Waals surface area contributed by atoms with Gasteiger partial charge in [-0.25, -0.2) is 0 Å². The van der Waals surface area contributed by atoms with E-state index < -0.39 is 0 Å². The summed E-state index contributed by atoms with van der Waals surface area (Å²) in [5.74, 6) is 0.963. The van der Waals surface area contributed by atoms with E-state index in [1.165, 1.54) is 16.7 Å². The monoisotopic (exact) mass is 264 g/mol. The maximum Gasteiger partial charge on any atom is 0.122 e. The fourth-order valence-electron chi connectivity index (χ4n) is 2.26. The number of hydrogen-bond acceptors (Lipinski definition) is 3. The molecule has 0 saturated carbocycles. The van der Waals surface area contributed by atoms with Crippen molar-refractivity contribution in [1.29, 1.82) is 0 Å². The third kappa shape index (κ3) is 3.71. The fraction of sp³-hybridized carbons (Fsp3) is 0.625. The van der Waals surface area contributed by atoms with Crippen LogP contribution in [0.15, 0.2) is 12.1 Å². The summed E-state index contributed by atoms with van der Waals surface area (Å²) in [6, 6.07) is 4.22. The Bertz CT molecular complexity index is 427. The first-order chi connectivity index (χ1) is 8.83. The normalized spacial score (nSPS) is 12.0. The molecule has 0 aromatic heterocycles. The molecule has 0 bridgehead atoms. The average molecular weight is 264 g/mol. The first kappa shape index (κ1) is 16.0. The van der Waals surface area contributed by atoms with Crippen molar-refractivity contribution >= 4 is 0 Å². The van der Waals surface area contributed by atoms with Crippen molar-refractivity contribution in [2.45, 2.75) is 46.2 Å². The predicted molar refractivity (Wildman–Crippen MR) is 81.7 cm³/mol. The largest absolute Gasteiger partial charge is 0.496 e. The van der Waals surface area contributed by atoms with Crippen molar-refractivity contribution in [2.75, 3.05) is 20.7 Å². The molecule has 0 saturated heterocycles. The second-order valence-corrected chi connectivity index (χ2v) is 5.88. The Kier molecular flexibility index (Phi) is 5.39. The summed E-state index contributed by atoms with van der Waals surface area (Å²) < 4.78 is 5.36. The molecule has 0 spiro atoms. The minimum absolute atomic E-state index is 0.120. The molecule has 0 aliphatic carbocycles. The van der Waals surface area contributed by atoms with Crippen LogP contribution in [0, 0.1) is 13.8 Å². The molecule has 0 atom stereocenters. The van der Waals surface area contributed by atoms with Crippen LogP contribution in [0.1, 0.15) is 37.0 Å². The molecule has 0 fully saturated rings. The Morgan fingerprint density at radius 2 is 1.84 bits per heavy atom. The average Bonchev–Trinajstić information content (AvgIpc) is 2.35. The van der Waals surface area contributed by atoms with E-state index in [2.05, 4.69) is 51.8 Å². The number of ether oxygens (including phenoxy) is 1. The van der Waals surface area contributed by atoms with Crippen LogP contribution in [-0.2, 0) is 6.54 Å². The Balaban J connectivity index is 2.92. The zero-order valence-corrected chi connectivity index (χ0v) is 13.2. The highest BCUT2D eigenvalue weighted by Gasteiger charge is 2.23. The van der Waals surface area contributed by atoms with E-state index in [0.29, 0.717) is 0 Å². The van der Waals surface area contributed by atoms with Gasteiger partial charge in [-0.05, 0) is 70.5 Å². The van der Waals surface area contributed by atoms with Crippen LogP contribution in [0.3, 0.4) is 0 Å². The molecule has 1 aromatic carbocycles. The molecular formula is C16H28N2O. The van der Waals surface area contributed by atoms with Crippen molar-refractivity contribution in [3.8, 4) is 5.75 Å². The zero-order valence-electron chi connectivity index (χ0n) is 13.2. The van der Waals surface area contributed by atoms with Crippen molar-refractivity contribution in [2.24, 2.45) is 5.73 Å². The molecule has 0 amide bonds. The minimum atomic E-state index is 0.120. The van der Waals surface area contributed by atoms with Crippen LogP contribution >= 0.6 is 0 Å². The summed E-state index contributed by atoms with van der Waals surface area (Å²) in [7, 11) is 3.88. The molecule has 108 valence electrons. The van der Waals surface area contributed by atoms with Crippen LogP contribution in [0.4, 0.5) is 0 Å². The lowest BCUT2D eigenvalue weighted by Crippen LogP contribution is -2.42. The number of nitrogens with two attached hydrogens (primary N) is 1. The summed E-state index contributed by atoms with van der Waals surface area (Å²) >= 11 is 0. The number of benzene rings is 1. The van der Waals surface area contributed by atoms with Gasteiger partial charge >= 0.3 is 0 Å². The number of nitrogens with zero attached hydrogens (tertiary/aromatic N) is 1. The van der Waals surface area contributed by atoms with E-state index in [0.717, 1.165) is 25.3 Å². The highest BCUT2D eigenvalue weighted by atomic mass is 16.5. The summed E-state index contributed by atoms with van der Waals surface area (Å²) in [6.07, 6.45) is 0.998. The smallest absolute Gasteiger partial charge is 0.122 e. The standard InChI is InChI=1S/C16H28N2O/c1-12-13(2)15(19-6)8-7-14(12)11-18(5)16(3,4)9-10-17/h7-8H,9-11,17H2,1-6H3. The lowest BCUT2D eigenvalue weighted by atomic mass is 9.96. The Hall–Kier alpha value is -1.06. The van der Waals surface area contributed by atoms with Crippen LogP contribution < -0.4 is 10.5 Å². The lowest BCUT2D eigenvalue weighted by Gasteiger charge is -2.36. The van der Waals surface area contributed by atoms with Gasteiger partial charge in [-0.3, -0.25) is 4.90 Å². The molecule has 0 aliphatic rings. The maximum atomic E-state index is 5.69. The topological polar surface area (TPSA) is 38.5 Å². The molecule has 1 aromatic rings. The van der Waals surface area contributed by atoms with Gasteiger partial charge in [-0.1, -0.05) is 6.07 Å². The SMILES string of the molecule is COc1ccc(CN(C)C(C)(C)CCN)c(C)c1C. The third-order valence-corrected chi connectivity index (χ3v) is 4.27. The minimum Gasteiger partial charge on any atom is -0.496 e. The van der Waals surface area contributed by atoms with E-state index in [1.807, 2.05) is 0 Å². The van der Waals surface area contributed by atoms with Crippen molar-refractivity contribution < 1.29 is 4.74 Å². The number of rotatable bonds is 6. The first-order valence-electron chi connectivity index (χ1n) is 6.88. The molecule has 0 unspecified atom stereocenters. The molecule has 1 rings (SSSR count). The Morgan fingerprint density at radius 3 is 2.37 bits per heavy atom. The van der Waals surface area contributed by atoms with E-state index in [4.69, 9.17) is 10.5 Å². The zero-order chi connectivity index (χ0) is 14.6. The van der Waals surface area contributed by atoms with Gasteiger partial charge in [0, 0.05) is 12.1 Å². The van der Waals surface area contributed by atoms with Crippen molar-refractivity contribution in [3.05, 3.63) is 28.8 Å². The summed E-state index contributed by atoms with van der Waals surface area (Å²) in [5, 5.41) is 0. The Morgan fingerprint density at radius 1 is 1.21 bits per heavy atom. The van der Waals surface area contributed by atoms with Gasteiger partial charge in [0.2, 0.25) is 0 Å². The van der Waals surface area contributed by atoms with Gasteiger partial charge in [0.05, 0.1) is 7.11 Å². The van der Waals surface area contributed by atoms with Gasteiger partial charge in [0.15, 0.2) is 0 Å². The fourth-order valence-corrected chi connectivity index (χ4v) is 2.26. The van der Waals surface area contributed by atoms with Gasteiger partial charge in [-0.15, -0.1) is 0 Å². The molecule has 3 nitrogen and oxygen atoms in total. The van der Waals surface area contributed by atoms with Crippen molar-refractivity contribution in [3.63, 3.8) is 0 Å². The number of methoxy groups -OCH3 is 1. The number of hydrogen-bond donors (Lipinski definition) is 1. The molecule has 19 heavy (non-hydrogen) atoms. The summed E-state index contributed by atoms with van der Waals surface area (Å²) in [4.78, 5) is 2.37. The van der Waals surface area contributed by atoms with Gasteiger partial charge in [0.25, 0.3) is 0 Å². The lowest BCUT2D eigenvalue weighted by molar-refractivity contribution is 0.139.